The molecular formula is C17H19Cl2N5O2. The van der Waals surface area contributed by atoms with Crippen LogP contribution >= 0.6 is 23.2 Å². The SMILES string of the molecule is O=C(NCCN1CCOCC1)c1cnc(Nc2cc(Cl)ccc2Cl)cn1. The number of anilines is 2. The van der Waals surface area contributed by atoms with E-state index in [2.05, 4.69) is 25.5 Å². The van der Waals surface area contributed by atoms with Crippen LogP contribution < -0.4 is 10.6 Å². The number of aromatic nitrogens is 2. The Morgan fingerprint density at radius 3 is 2.73 bits per heavy atom. The molecule has 138 valence electrons. The molecule has 1 aromatic heterocycles. The van der Waals surface area contributed by atoms with Gasteiger partial charge in [-0.2, -0.15) is 0 Å². The van der Waals surface area contributed by atoms with Crippen LogP contribution in [0.15, 0.2) is 30.6 Å². The molecule has 9 heteroatoms. The van der Waals surface area contributed by atoms with Crippen LogP contribution in [0.1, 0.15) is 10.5 Å². The van der Waals surface area contributed by atoms with Crippen molar-refractivity contribution in [3.8, 4) is 0 Å². The third-order valence-electron chi connectivity index (χ3n) is 3.89. The summed E-state index contributed by atoms with van der Waals surface area (Å²) in [7, 11) is 0. The molecule has 1 aromatic carbocycles. The Kier molecular flexibility index (Phi) is 6.62. The molecule has 1 fully saturated rings. The summed E-state index contributed by atoms with van der Waals surface area (Å²) in [5.74, 6) is 0.220. The first kappa shape index (κ1) is 18.8. The number of hydrogen-bond acceptors (Lipinski definition) is 6. The standard InChI is InChI=1S/C17H19Cl2N5O2/c18-12-1-2-13(19)14(9-12)23-16-11-21-15(10-22-16)17(25)20-3-4-24-5-7-26-8-6-24/h1-2,9-11H,3-8H2,(H,20,25)(H,22,23). The molecule has 0 spiro atoms. The van der Waals surface area contributed by atoms with Gasteiger partial charge in [0.05, 0.1) is 36.3 Å². The molecule has 1 aliphatic rings. The Balaban J connectivity index is 1.51. The van der Waals surface area contributed by atoms with Gasteiger partial charge in [0.1, 0.15) is 11.5 Å². The maximum atomic E-state index is 12.1. The molecule has 0 atom stereocenters. The van der Waals surface area contributed by atoms with E-state index in [9.17, 15) is 4.79 Å². The topological polar surface area (TPSA) is 79.4 Å². The second-order valence-electron chi connectivity index (χ2n) is 5.75. The molecule has 3 rings (SSSR count). The van der Waals surface area contributed by atoms with Gasteiger partial charge >= 0.3 is 0 Å². The Bertz CT molecular complexity index is 751. The molecule has 2 N–H and O–H groups in total. The lowest BCUT2D eigenvalue weighted by atomic mass is 10.3. The van der Waals surface area contributed by atoms with Crippen LogP contribution in [0.3, 0.4) is 0 Å². The highest BCUT2D eigenvalue weighted by Crippen LogP contribution is 2.27. The predicted molar refractivity (Wildman–Crippen MR) is 101 cm³/mol. The van der Waals surface area contributed by atoms with Crippen LogP contribution in [0, 0.1) is 0 Å². The van der Waals surface area contributed by atoms with Gasteiger partial charge in [-0.1, -0.05) is 23.2 Å². The summed E-state index contributed by atoms with van der Waals surface area (Å²) in [6.45, 7) is 4.60. The number of ether oxygens (including phenoxy) is 1. The van der Waals surface area contributed by atoms with Gasteiger partial charge in [-0.25, -0.2) is 9.97 Å². The molecule has 0 bridgehead atoms. The summed E-state index contributed by atoms with van der Waals surface area (Å²) in [5.41, 5.74) is 0.880. The van der Waals surface area contributed by atoms with Crippen molar-refractivity contribution in [1.29, 1.82) is 0 Å². The summed E-state index contributed by atoms with van der Waals surface area (Å²) >= 11 is 12.1. The van der Waals surface area contributed by atoms with Gasteiger partial charge in [0.2, 0.25) is 0 Å². The number of carbonyl (C=O) groups excluding carboxylic acids is 1. The normalized spacial score (nSPS) is 14.8. The van der Waals surface area contributed by atoms with Gasteiger partial charge in [0.25, 0.3) is 5.91 Å². The second kappa shape index (κ2) is 9.14. The summed E-state index contributed by atoms with van der Waals surface area (Å²) in [5, 5.41) is 6.95. The van der Waals surface area contributed by atoms with Crippen LogP contribution in [0.4, 0.5) is 11.5 Å². The van der Waals surface area contributed by atoms with E-state index >= 15 is 0 Å². The van der Waals surface area contributed by atoms with Crippen LogP contribution in [0.2, 0.25) is 10.0 Å². The van der Waals surface area contributed by atoms with E-state index in [0.29, 0.717) is 28.1 Å². The number of halogens is 2. The summed E-state index contributed by atoms with van der Waals surface area (Å²) < 4.78 is 5.30. The fraction of sp³-hybridized carbons (Fsp3) is 0.353. The average Bonchev–Trinajstić information content (AvgIpc) is 2.66. The molecule has 1 amide bonds. The second-order valence-corrected chi connectivity index (χ2v) is 6.59. The quantitative estimate of drug-likeness (QED) is 0.782. The molecule has 2 aromatic rings. The van der Waals surface area contributed by atoms with Crippen LogP contribution in [-0.2, 0) is 4.74 Å². The lowest BCUT2D eigenvalue weighted by Crippen LogP contribution is -2.41. The highest BCUT2D eigenvalue weighted by atomic mass is 35.5. The molecule has 1 aliphatic heterocycles. The molecule has 0 radical (unpaired) electrons. The van der Waals surface area contributed by atoms with Crippen molar-refractivity contribution in [2.75, 3.05) is 44.7 Å². The lowest BCUT2D eigenvalue weighted by molar-refractivity contribution is 0.0383. The smallest absolute Gasteiger partial charge is 0.271 e. The van der Waals surface area contributed by atoms with E-state index < -0.39 is 0 Å². The number of benzene rings is 1. The highest BCUT2D eigenvalue weighted by Gasteiger charge is 2.12. The van der Waals surface area contributed by atoms with Crippen LogP contribution in [-0.4, -0.2) is 60.2 Å². The number of rotatable bonds is 6. The van der Waals surface area contributed by atoms with Crippen LogP contribution in [0.25, 0.3) is 0 Å². The van der Waals surface area contributed by atoms with Gasteiger partial charge in [-0.3, -0.25) is 9.69 Å². The van der Waals surface area contributed by atoms with E-state index in [0.717, 1.165) is 32.8 Å². The maximum absolute atomic E-state index is 12.1. The van der Waals surface area contributed by atoms with E-state index in [1.165, 1.54) is 12.4 Å². The fourth-order valence-corrected chi connectivity index (χ4v) is 2.82. The summed E-state index contributed by atoms with van der Waals surface area (Å²) in [6.07, 6.45) is 2.90. The third kappa shape index (κ3) is 5.28. The molecule has 1 saturated heterocycles. The minimum absolute atomic E-state index is 0.252. The third-order valence-corrected chi connectivity index (χ3v) is 4.46. The zero-order valence-electron chi connectivity index (χ0n) is 14.0. The first-order valence-corrected chi connectivity index (χ1v) is 9.00. The number of amides is 1. The minimum Gasteiger partial charge on any atom is -0.379 e. The molecule has 2 heterocycles. The number of morpholine rings is 1. The van der Waals surface area contributed by atoms with Gasteiger partial charge < -0.3 is 15.4 Å². The molecule has 0 unspecified atom stereocenters. The predicted octanol–water partition coefficient (Wildman–Crippen LogP) is 2.59. The highest BCUT2D eigenvalue weighted by molar-refractivity contribution is 6.35. The average molecular weight is 396 g/mol. The monoisotopic (exact) mass is 395 g/mol. The summed E-state index contributed by atoms with van der Waals surface area (Å²) in [4.78, 5) is 22.7. The Labute approximate surface area is 161 Å². The van der Waals surface area contributed by atoms with E-state index in [-0.39, 0.29) is 11.6 Å². The number of carbonyl (C=O) groups is 1. The van der Waals surface area contributed by atoms with Crippen molar-refractivity contribution < 1.29 is 9.53 Å². The minimum atomic E-state index is -0.252. The number of nitrogens with one attached hydrogen (secondary N) is 2. The van der Waals surface area contributed by atoms with Gasteiger partial charge in [0.15, 0.2) is 0 Å². The largest absolute Gasteiger partial charge is 0.379 e. The van der Waals surface area contributed by atoms with Crippen molar-refractivity contribution in [1.82, 2.24) is 20.2 Å². The Morgan fingerprint density at radius 1 is 1.19 bits per heavy atom. The first-order valence-electron chi connectivity index (χ1n) is 8.24. The van der Waals surface area contributed by atoms with Gasteiger partial charge in [-0.15, -0.1) is 0 Å². The van der Waals surface area contributed by atoms with Crippen molar-refractivity contribution >= 4 is 40.6 Å². The first-order chi connectivity index (χ1) is 12.6. The molecule has 0 saturated carbocycles. The molecule has 7 nitrogen and oxygen atoms in total. The molecular weight excluding hydrogens is 377 g/mol. The van der Waals surface area contributed by atoms with Crippen molar-refractivity contribution in [2.24, 2.45) is 0 Å². The summed E-state index contributed by atoms with van der Waals surface area (Å²) in [6, 6.07) is 5.08. The molecule has 0 aliphatic carbocycles. The van der Waals surface area contributed by atoms with Crippen molar-refractivity contribution in [3.05, 3.63) is 46.3 Å². The van der Waals surface area contributed by atoms with Gasteiger partial charge in [0, 0.05) is 31.2 Å². The van der Waals surface area contributed by atoms with E-state index in [1.807, 2.05) is 0 Å². The lowest BCUT2D eigenvalue weighted by Gasteiger charge is -2.26. The maximum Gasteiger partial charge on any atom is 0.271 e. The zero-order chi connectivity index (χ0) is 18.4. The number of hydrogen-bond donors (Lipinski definition) is 2. The van der Waals surface area contributed by atoms with E-state index in [4.69, 9.17) is 27.9 Å². The Morgan fingerprint density at radius 2 is 2.00 bits per heavy atom. The fourth-order valence-electron chi connectivity index (χ4n) is 2.48. The van der Waals surface area contributed by atoms with Crippen molar-refractivity contribution in [2.45, 2.75) is 0 Å². The van der Waals surface area contributed by atoms with Gasteiger partial charge in [-0.05, 0) is 18.2 Å². The Hall–Kier alpha value is -1.93. The van der Waals surface area contributed by atoms with E-state index in [1.54, 1.807) is 18.2 Å². The van der Waals surface area contributed by atoms with Crippen molar-refractivity contribution in [3.63, 3.8) is 0 Å². The van der Waals surface area contributed by atoms with Crippen LogP contribution in [0.5, 0.6) is 0 Å². The number of nitrogens with zero attached hydrogens (tertiary/aromatic N) is 3. The zero-order valence-corrected chi connectivity index (χ0v) is 15.6. The molecule has 26 heavy (non-hydrogen) atoms.